The number of nitrogens with one attached hydrogen (secondary N) is 2. The van der Waals surface area contributed by atoms with E-state index < -0.39 is 6.36 Å². The fourth-order valence-corrected chi connectivity index (χ4v) is 2.81. The van der Waals surface area contributed by atoms with Crippen LogP contribution < -0.4 is 15.4 Å². The minimum absolute atomic E-state index is 0.0933. The SMILES string of the molecule is OCCNc1nc(NC[C@@H]2CCCO2)cc(-c2cccc(OC(F)(F)F)c2)n1. The summed E-state index contributed by atoms with van der Waals surface area (Å²) in [5.41, 5.74) is 0.856. The molecule has 3 N–H and O–H groups in total. The van der Waals surface area contributed by atoms with E-state index in [0.29, 0.717) is 23.6 Å². The molecule has 3 rings (SSSR count). The van der Waals surface area contributed by atoms with E-state index in [4.69, 9.17) is 9.84 Å². The van der Waals surface area contributed by atoms with Gasteiger partial charge < -0.3 is 25.2 Å². The maximum atomic E-state index is 12.5. The molecule has 2 heterocycles. The number of rotatable bonds is 8. The first kappa shape index (κ1) is 20.2. The van der Waals surface area contributed by atoms with Gasteiger partial charge in [-0.15, -0.1) is 13.2 Å². The van der Waals surface area contributed by atoms with Crippen LogP contribution in [0, 0.1) is 0 Å². The predicted molar refractivity (Wildman–Crippen MR) is 97.2 cm³/mol. The van der Waals surface area contributed by atoms with E-state index in [0.717, 1.165) is 19.4 Å². The molecule has 1 aromatic carbocycles. The standard InChI is InChI=1S/C18H21F3N4O3/c19-18(20,21)28-13-4-1-3-12(9-13)15-10-16(23-11-14-5-2-8-27-14)25-17(24-15)22-6-7-26/h1,3-4,9-10,14,26H,2,5-8,11H2,(H2,22,23,24,25)/t14-/m0/s1. The highest BCUT2D eigenvalue weighted by Crippen LogP contribution is 2.28. The largest absolute Gasteiger partial charge is 0.573 e. The van der Waals surface area contributed by atoms with Crippen molar-refractivity contribution < 1.29 is 27.8 Å². The number of hydrogen-bond acceptors (Lipinski definition) is 7. The number of aliphatic hydroxyl groups is 1. The number of ether oxygens (including phenoxy) is 2. The molecule has 1 fully saturated rings. The molecule has 1 aromatic heterocycles. The number of nitrogens with zero attached hydrogens (tertiary/aromatic N) is 2. The van der Waals surface area contributed by atoms with E-state index in [1.54, 1.807) is 12.1 Å². The summed E-state index contributed by atoms with van der Waals surface area (Å²) in [7, 11) is 0. The molecule has 2 aromatic rings. The molecule has 0 aliphatic carbocycles. The van der Waals surface area contributed by atoms with Crippen LogP contribution in [0.2, 0.25) is 0 Å². The lowest BCUT2D eigenvalue weighted by atomic mass is 10.1. The van der Waals surface area contributed by atoms with Crippen LogP contribution in [-0.4, -0.2) is 53.8 Å². The molecule has 0 bridgehead atoms. The third kappa shape index (κ3) is 5.96. The Morgan fingerprint density at radius 2 is 2.07 bits per heavy atom. The van der Waals surface area contributed by atoms with Crippen molar-refractivity contribution in [1.29, 1.82) is 0 Å². The Labute approximate surface area is 159 Å². The van der Waals surface area contributed by atoms with E-state index in [1.807, 2.05) is 0 Å². The number of alkyl halides is 3. The van der Waals surface area contributed by atoms with Crippen molar-refractivity contribution in [2.75, 3.05) is 36.9 Å². The smallest absolute Gasteiger partial charge is 0.406 e. The lowest BCUT2D eigenvalue weighted by Crippen LogP contribution is -2.19. The number of benzene rings is 1. The molecule has 0 spiro atoms. The lowest BCUT2D eigenvalue weighted by Gasteiger charge is -2.14. The Morgan fingerprint density at radius 1 is 1.21 bits per heavy atom. The Balaban J connectivity index is 1.83. The van der Waals surface area contributed by atoms with E-state index >= 15 is 0 Å². The van der Waals surface area contributed by atoms with Gasteiger partial charge in [-0.05, 0) is 25.0 Å². The average molecular weight is 398 g/mol. The van der Waals surface area contributed by atoms with Crippen LogP contribution in [0.3, 0.4) is 0 Å². The average Bonchev–Trinajstić information content (AvgIpc) is 3.17. The third-order valence-electron chi connectivity index (χ3n) is 4.02. The number of aliphatic hydroxyl groups excluding tert-OH is 1. The highest BCUT2D eigenvalue weighted by Gasteiger charge is 2.31. The van der Waals surface area contributed by atoms with Gasteiger partial charge in [0.2, 0.25) is 5.95 Å². The minimum Gasteiger partial charge on any atom is -0.406 e. The van der Waals surface area contributed by atoms with Crippen LogP contribution in [-0.2, 0) is 4.74 Å². The van der Waals surface area contributed by atoms with Crippen LogP contribution in [0.1, 0.15) is 12.8 Å². The van der Waals surface area contributed by atoms with Gasteiger partial charge in [-0.25, -0.2) is 4.98 Å². The zero-order valence-corrected chi connectivity index (χ0v) is 15.0. The quantitative estimate of drug-likeness (QED) is 0.630. The summed E-state index contributed by atoms with van der Waals surface area (Å²) in [5, 5.41) is 15.0. The zero-order valence-electron chi connectivity index (χ0n) is 15.0. The second-order valence-corrected chi connectivity index (χ2v) is 6.20. The van der Waals surface area contributed by atoms with Crippen molar-refractivity contribution in [2.24, 2.45) is 0 Å². The van der Waals surface area contributed by atoms with Gasteiger partial charge in [-0.1, -0.05) is 12.1 Å². The normalized spacial score (nSPS) is 16.8. The molecule has 1 aliphatic heterocycles. The fraction of sp³-hybridized carbons (Fsp3) is 0.444. The Morgan fingerprint density at radius 3 is 2.79 bits per heavy atom. The molecule has 152 valence electrons. The van der Waals surface area contributed by atoms with Crippen LogP contribution >= 0.6 is 0 Å². The molecule has 1 saturated heterocycles. The van der Waals surface area contributed by atoms with Gasteiger partial charge in [0.1, 0.15) is 11.6 Å². The van der Waals surface area contributed by atoms with Gasteiger partial charge in [-0.2, -0.15) is 4.98 Å². The first-order chi connectivity index (χ1) is 13.4. The van der Waals surface area contributed by atoms with Crippen LogP contribution in [0.25, 0.3) is 11.3 Å². The summed E-state index contributed by atoms with van der Waals surface area (Å²) in [5.74, 6) is 0.425. The molecule has 1 atom stereocenters. The second kappa shape index (κ2) is 9.07. The van der Waals surface area contributed by atoms with Crippen molar-refractivity contribution in [3.8, 4) is 17.0 Å². The molecule has 0 saturated carbocycles. The third-order valence-corrected chi connectivity index (χ3v) is 4.02. The molecule has 7 nitrogen and oxygen atoms in total. The Bertz CT molecular complexity index is 783. The Hall–Kier alpha value is -2.59. The molecule has 10 heteroatoms. The summed E-state index contributed by atoms with van der Waals surface area (Å²) in [4.78, 5) is 8.65. The second-order valence-electron chi connectivity index (χ2n) is 6.20. The monoisotopic (exact) mass is 398 g/mol. The maximum absolute atomic E-state index is 12.5. The number of hydrogen-bond donors (Lipinski definition) is 3. The summed E-state index contributed by atoms with van der Waals surface area (Å²) >= 11 is 0. The molecule has 28 heavy (non-hydrogen) atoms. The van der Waals surface area contributed by atoms with Gasteiger partial charge in [-0.3, -0.25) is 0 Å². The first-order valence-corrected chi connectivity index (χ1v) is 8.88. The molecular weight excluding hydrogens is 377 g/mol. The van der Waals surface area contributed by atoms with Gasteiger partial charge in [0.25, 0.3) is 0 Å². The van der Waals surface area contributed by atoms with Gasteiger partial charge in [0, 0.05) is 31.3 Å². The highest BCUT2D eigenvalue weighted by atomic mass is 19.4. The minimum atomic E-state index is -4.77. The van der Waals surface area contributed by atoms with Gasteiger partial charge in [0.15, 0.2) is 0 Å². The summed E-state index contributed by atoms with van der Waals surface area (Å²) in [6, 6.07) is 7.21. The van der Waals surface area contributed by atoms with Crippen molar-refractivity contribution in [3.63, 3.8) is 0 Å². The van der Waals surface area contributed by atoms with Crippen LogP contribution in [0.4, 0.5) is 24.9 Å². The van der Waals surface area contributed by atoms with Crippen molar-refractivity contribution in [3.05, 3.63) is 30.3 Å². The van der Waals surface area contributed by atoms with Crippen molar-refractivity contribution in [1.82, 2.24) is 9.97 Å². The lowest BCUT2D eigenvalue weighted by molar-refractivity contribution is -0.274. The molecular formula is C18H21F3N4O3. The van der Waals surface area contributed by atoms with E-state index in [9.17, 15) is 13.2 Å². The molecule has 0 radical (unpaired) electrons. The van der Waals surface area contributed by atoms with Crippen molar-refractivity contribution in [2.45, 2.75) is 25.3 Å². The van der Waals surface area contributed by atoms with E-state index in [1.165, 1.54) is 18.2 Å². The first-order valence-electron chi connectivity index (χ1n) is 8.88. The topological polar surface area (TPSA) is 88.5 Å². The fourth-order valence-electron chi connectivity index (χ4n) is 2.81. The van der Waals surface area contributed by atoms with Gasteiger partial charge >= 0.3 is 6.36 Å². The number of anilines is 2. The van der Waals surface area contributed by atoms with E-state index in [2.05, 4.69) is 25.3 Å². The predicted octanol–water partition coefficient (Wildman–Crippen LogP) is 3.04. The molecule has 1 aliphatic rings. The number of halogens is 3. The molecule has 0 unspecified atom stereocenters. The van der Waals surface area contributed by atoms with E-state index in [-0.39, 0.29) is 31.0 Å². The summed E-state index contributed by atoms with van der Waals surface area (Å²) in [6.07, 6.45) is -2.71. The maximum Gasteiger partial charge on any atom is 0.573 e. The molecule has 0 amide bonds. The summed E-state index contributed by atoms with van der Waals surface area (Å²) in [6.45, 7) is 1.43. The van der Waals surface area contributed by atoms with Crippen molar-refractivity contribution >= 4 is 11.8 Å². The Kier molecular flexibility index (Phi) is 6.53. The summed E-state index contributed by atoms with van der Waals surface area (Å²) < 4.78 is 47.0. The number of aromatic nitrogens is 2. The van der Waals surface area contributed by atoms with Crippen LogP contribution in [0.5, 0.6) is 5.75 Å². The van der Waals surface area contributed by atoms with Gasteiger partial charge in [0.05, 0.1) is 18.4 Å². The van der Waals surface area contributed by atoms with Crippen LogP contribution in [0.15, 0.2) is 30.3 Å². The zero-order chi connectivity index (χ0) is 20.0. The highest BCUT2D eigenvalue weighted by molar-refractivity contribution is 5.65.